The first-order valence-corrected chi connectivity index (χ1v) is 8.24. The molecule has 0 atom stereocenters. The van der Waals surface area contributed by atoms with Crippen molar-refractivity contribution in [2.24, 2.45) is 11.3 Å². The Hall–Kier alpha value is -1.40. The highest BCUT2D eigenvalue weighted by Crippen LogP contribution is 2.60. The second-order valence-corrected chi connectivity index (χ2v) is 7.56. The van der Waals surface area contributed by atoms with Crippen LogP contribution in [0, 0.1) is 11.3 Å². The van der Waals surface area contributed by atoms with Gasteiger partial charge in [-0.25, -0.2) is 17.9 Å². The van der Waals surface area contributed by atoms with E-state index >= 15 is 0 Å². The Labute approximate surface area is 118 Å². The van der Waals surface area contributed by atoms with Gasteiger partial charge >= 0.3 is 5.97 Å². The summed E-state index contributed by atoms with van der Waals surface area (Å²) in [6, 6.07) is 5.29. The van der Waals surface area contributed by atoms with Crippen molar-refractivity contribution >= 4 is 16.0 Å². The number of sulfonamides is 1. The van der Waals surface area contributed by atoms with Crippen LogP contribution in [0.5, 0.6) is 0 Å². The van der Waals surface area contributed by atoms with Gasteiger partial charge in [-0.2, -0.15) is 0 Å². The van der Waals surface area contributed by atoms with Gasteiger partial charge in [-0.15, -0.1) is 0 Å². The van der Waals surface area contributed by atoms with Gasteiger partial charge in [0.1, 0.15) is 0 Å². The summed E-state index contributed by atoms with van der Waals surface area (Å²) in [5.74, 6) is -0.368. The molecule has 6 heteroatoms. The Morgan fingerprint density at radius 2 is 1.85 bits per heavy atom. The third-order valence-electron chi connectivity index (χ3n) is 4.36. The average Bonchev–Trinajstić information content (AvgIpc) is 3.28. The van der Waals surface area contributed by atoms with Crippen LogP contribution in [0.1, 0.15) is 36.0 Å². The molecule has 0 heterocycles. The van der Waals surface area contributed by atoms with E-state index in [4.69, 9.17) is 5.11 Å². The fraction of sp³-hybridized carbons (Fsp3) is 0.500. The fourth-order valence-corrected chi connectivity index (χ4v) is 3.82. The van der Waals surface area contributed by atoms with Gasteiger partial charge in [-0.3, -0.25) is 0 Å². The summed E-state index contributed by atoms with van der Waals surface area (Å²) in [7, 11) is -3.54. The summed E-state index contributed by atoms with van der Waals surface area (Å²) in [6.07, 6.45) is 4.65. The normalized spacial score (nSPS) is 20.6. The number of carboxylic acids is 1. The van der Waals surface area contributed by atoms with E-state index in [1.807, 2.05) is 0 Å². The molecule has 0 radical (unpaired) electrons. The van der Waals surface area contributed by atoms with Crippen LogP contribution in [0.25, 0.3) is 0 Å². The minimum absolute atomic E-state index is 0.0839. The zero-order valence-electron chi connectivity index (χ0n) is 11.0. The number of hydrogen-bond donors (Lipinski definition) is 2. The maximum absolute atomic E-state index is 12.2. The smallest absolute Gasteiger partial charge is 0.335 e. The van der Waals surface area contributed by atoms with E-state index in [2.05, 4.69) is 4.72 Å². The molecule has 0 bridgehead atoms. The molecule has 0 unspecified atom stereocenters. The molecule has 2 saturated carbocycles. The molecule has 0 amide bonds. The molecular formula is C14H17NO4S. The quantitative estimate of drug-likeness (QED) is 0.839. The highest BCUT2D eigenvalue weighted by molar-refractivity contribution is 7.89. The molecule has 108 valence electrons. The van der Waals surface area contributed by atoms with Crippen molar-refractivity contribution in [3.05, 3.63) is 29.8 Å². The Morgan fingerprint density at radius 3 is 2.30 bits per heavy atom. The topological polar surface area (TPSA) is 83.5 Å². The van der Waals surface area contributed by atoms with Crippen LogP contribution in [0.4, 0.5) is 0 Å². The molecule has 5 nitrogen and oxygen atoms in total. The number of carboxylic acid groups (broad SMARTS) is 1. The van der Waals surface area contributed by atoms with Crippen LogP contribution in [0.15, 0.2) is 29.2 Å². The van der Waals surface area contributed by atoms with Crippen molar-refractivity contribution in [1.82, 2.24) is 4.72 Å². The molecule has 2 fully saturated rings. The third-order valence-corrected chi connectivity index (χ3v) is 5.78. The number of carbonyl (C=O) groups is 1. The molecule has 2 N–H and O–H groups in total. The van der Waals surface area contributed by atoms with Gasteiger partial charge in [0, 0.05) is 6.54 Å². The number of hydrogen-bond acceptors (Lipinski definition) is 3. The number of benzene rings is 1. The zero-order valence-corrected chi connectivity index (χ0v) is 11.8. The molecule has 2 aliphatic carbocycles. The predicted molar refractivity (Wildman–Crippen MR) is 73.0 cm³/mol. The van der Waals surface area contributed by atoms with Gasteiger partial charge in [0.15, 0.2) is 0 Å². The minimum Gasteiger partial charge on any atom is -0.478 e. The maximum Gasteiger partial charge on any atom is 0.335 e. The molecule has 20 heavy (non-hydrogen) atoms. The molecule has 1 aromatic rings. The van der Waals surface area contributed by atoms with Gasteiger partial charge in [0.25, 0.3) is 0 Å². The summed E-state index contributed by atoms with van der Waals surface area (Å²) < 4.78 is 27.0. The minimum atomic E-state index is -3.54. The second kappa shape index (κ2) is 4.56. The van der Waals surface area contributed by atoms with Crippen molar-refractivity contribution in [2.75, 3.05) is 6.54 Å². The summed E-state index contributed by atoms with van der Waals surface area (Å²) in [6.45, 7) is 0.501. The lowest BCUT2D eigenvalue weighted by atomic mass is 10.0. The van der Waals surface area contributed by atoms with Gasteiger partial charge < -0.3 is 5.11 Å². The van der Waals surface area contributed by atoms with Crippen LogP contribution in [0.3, 0.4) is 0 Å². The SMILES string of the molecule is O=C(O)c1ccc(S(=O)(=O)NCC2(C3CC3)CC2)cc1. The first-order valence-electron chi connectivity index (χ1n) is 6.76. The molecule has 2 aliphatic rings. The lowest BCUT2D eigenvalue weighted by Gasteiger charge is -2.15. The van der Waals surface area contributed by atoms with Gasteiger partial charge in [-0.1, -0.05) is 0 Å². The number of rotatable bonds is 6. The van der Waals surface area contributed by atoms with Crippen molar-refractivity contribution in [1.29, 1.82) is 0 Å². The second-order valence-electron chi connectivity index (χ2n) is 5.79. The average molecular weight is 295 g/mol. The van der Waals surface area contributed by atoms with Crippen LogP contribution >= 0.6 is 0 Å². The van der Waals surface area contributed by atoms with E-state index in [9.17, 15) is 13.2 Å². The first kappa shape index (κ1) is 13.6. The van der Waals surface area contributed by atoms with Gasteiger partial charge in [0.05, 0.1) is 10.5 Å². The van der Waals surface area contributed by atoms with Crippen molar-refractivity contribution in [3.63, 3.8) is 0 Å². The van der Waals surface area contributed by atoms with Crippen LogP contribution < -0.4 is 4.72 Å². The molecule has 0 saturated heterocycles. The highest BCUT2D eigenvalue weighted by Gasteiger charge is 2.53. The fourth-order valence-electron chi connectivity index (χ4n) is 2.68. The van der Waals surface area contributed by atoms with Crippen molar-refractivity contribution < 1.29 is 18.3 Å². The number of aromatic carboxylic acids is 1. The van der Waals surface area contributed by atoms with Crippen molar-refractivity contribution in [2.45, 2.75) is 30.6 Å². The molecular weight excluding hydrogens is 278 g/mol. The Kier molecular flexibility index (Phi) is 3.10. The summed E-state index contributed by atoms with van der Waals surface area (Å²) in [5, 5.41) is 8.80. The van der Waals surface area contributed by atoms with E-state index in [0.717, 1.165) is 12.8 Å². The molecule has 0 spiro atoms. The molecule has 0 aromatic heterocycles. The Bertz CT molecular complexity index is 628. The predicted octanol–water partition coefficient (Wildman–Crippen LogP) is 1.85. The van der Waals surface area contributed by atoms with Crippen LogP contribution in [0.2, 0.25) is 0 Å². The number of nitrogens with one attached hydrogen (secondary N) is 1. The highest BCUT2D eigenvalue weighted by atomic mass is 32.2. The third kappa shape index (κ3) is 2.58. The first-order chi connectivity index (χ1) is 9.43. The summed E-state index contributed by atoms with van der Waals surface area (Å²) in [5.41, 5.74) is 0.286. The molecule has 3 rings (SSSR count). The lowest BCUT2D eigenvalue weighted by Crippen LogP contribution is -2.31. The largest absolute Gasteiger partial charge is 0.478 e. The molecule has 0 aliphatic heterocycles. The monoisotopic (exact) mass is 295 g/mol. The summed E-state index contributed by atoms with van der Waals surface area (Å²) in [4.78, 5) is 10.9. The summed E-state index contributed by atoms with van der Waals surface area (Å²) >= 11 is 0. The van der Waals surface area contributed by atoms with Crippen LogP contribution in [-0.2, 0) is 10.0 Å². The zero-order chi connectivity index (χ0) is 14.4. The molecule has 1 aromatic carbocycles. The van der Waals surface area contributed by atoms with Crippen LogP contribution in [-0.4, -0.2) is 26.0 Å². The maximum atomic E-state index is 12.2. The van der Waals surface area contributed by atoms with E-state index in [-0.39, 0.29) is 15.9 Å². The van der Waals surface area contributed by atoms with Crippen molar-refractivity contribution in [3.8, 4) is 0 Å². The van der Waals surface area contributed by atoms with E-state index < -0.39 is 16.0 Å². The van der Waals surface area contributed by atoms with E-state index in [1.165, 1.54) is 37.1 Å². The van der Waals surface area contributed by atoms with E-state index in [1.54, 1.807) is 0 Å². The van der Waals surface area contributed by atoms with E-state index in [0.29, 0.717) is 12.5 Å². The lowest BCUT2D eigenvalue weighted by molar-refractivity contribution is 0.0696. The van der Waals surface area contributed by atoms with Gasteiger partial charge in [-0.05, 0) is 61.3 Å². The Morgan fingerprint density at radius 1 is 1.25 bits per heavy atom. The van der Waals surface area contributed by atoms with Gasteiger partial charge in [0.2, 0.25) is 10.0 Å². The standard InChI is InChI=1S/C14H17NO4S/c16-13(17)10-1-5-12(6-2-10)20(18,19)15-9-14(7-8-14)11-3-4-11/h1-2,5-6,11,15H,3-4,7-9H2,(H,16,17). The Balaban J connectivity index is 1.69.